The predicted molar refractivity (Wildman–Crippen MR) is 122 cm³/mol. The molecule has 180 valence electrons. The summed E-state index contributed by atoms with van der Waals surface area (Å²) in [6.45, 7) is 1.47. The lowest BCUT2D eigenvalue weighted by Gasteiger charge is -2.12. The summed E-state index contributed by atoms with van der Waals surface area (Å²) >= 11 is 0. The van der Waals surface area contributed by atoms with E-state index in [1.807, 2.05) is 24.3 Å². The first kappa shape index (κ1) is 24.4. The van der Waals surface area contributed by atoms with Crippen LogP contribution in [-0.4, -0.2) is 0 Å². The van der Waals surface area contributed by atoms with Crippen LogP contribution in [0.2, 0.25) is 0 Å². The first-order valence-electron chi connectivity index (χ1n) is 10.9. The van der Waals surface area contributed by atoms with Gasteiger partial charge in [-0.2, -0.15) is 0 Å². The van der Waals surface area contributed by atoms with Crippen molar-refractivity contribution in [2.75, 3.05) is 0 Å². The molecule has 0 saturated heterocycles. The topological polar surface area (TPSA) is 9.23 Å². The van der Waals surface area contributed by atoms with Crippen LogP contribution >= 0.6 is 0 Å². The molecular formula is C28H20F6O. The molecule has 0 aliphatic rings. The van der Waals surface area contributed by atoms with Crippen LogP contribution in [0.1, 0.15) is 24.5 Å². The van der Waals surface area contributed by atoms with Gasteiger partial charge in [0.05, 0.1) is 0 Å². The zero-order valence-electron chi connectivity index (χ0n) is 18.6. The molecule has 0 spiro atoms. The molecule has 0 radical (unpaired) electrons. The Morgan fingerprint density at radius 2 is 1.14 bits per heavy atom. The van der Waals surface area contributed by atoms with Crippen LogP contribution < -0.4 is 4.74 Å². The Hall–Kier alpha value is -3.74. The SMILES string of the molecule is CCCc1ccc(-c2ccc(-c3cc(F)c(OCc4cc(F)c(F)c(F)c4)c(F)c3)c(F)c2)cc1. The molecule has 0 unspecified atom stereocenters. The second kappa shape index (κ2) is 10.3. The molecule has 1 nitrogen and oxygen atoms in total. The van der Waals surface area contributed by atoms with E-state index < -0.39 is 47.3 Å². The molecule has 0 aliphatic heterocycles. The summed E-state index contributed by atoms with van der Waals surface area (Å²) in [5, 5.41) is 0. The van der Waals surface area contributed by atoms with Gasteiger partial charge >= 0.3 is 0 Å². The summed E-state index contributed by atoms with van der Waals surface area (Å²) in [4.78, 5) is 0. The van der Waals surface area contributed by atoms with Gasteiger partial charge in [-0.3, -0.25) is 0 Å². The van der Waals surface area contributed by atoms with Crippen molar-refractivity contribution in [3.63, 3.8) is 0 Å². The third-order valence-corrected chi connectivity index (χ3v) is 5.53. The number of aryl methyl sites for hydroxylation is 1. The molecule has 4 aromatic rings. The summed E-state index contributed by atoms with van der Waals surface area (Å²) in [6, 6.07) is 15.3. The molecule has 0 amide bonds. The van der Waals surface area contributed by atoms with E-state index >= 15 is 0 Å². The van der Waals surface area contributed by atoms with Gasteiger partial charge in [0, 0.05) is 5.56 Å². The fraction of sp³-hybridized carbons (Fsp3) is 0.143. The quantitative estimate of drug-likeness (QED) is 0.188. The number of rotatable bonds is 7. The molecule has 7 heteroatoms. The van der Waals surface area contributed by atoms with Crippen LogP contribution in [0.4, 0.5) is 26.3 Å². The van der Waals surface area contributed by atoms with E-state index in [9.17, 15) is 26.3 Å². The highest BCUT2D eigenvalue weighted by Gasteiger charge is 2.17. The maximum atomic E-state index is 14.9. The van der Waals surface area contributed by atoms with Gasteiger partial charge < -0.3 is 4.74 Å². The molecule has 4 aromatic carbocycles. The highest BCUT2D eigenvalue weighted by Crippen LogP contribution is 2.33. The summed E-state index contributed by atoms with van der Waals surface area (Å²) in [5.74, 6) is -8.27. The highest BCUT2D eigenvalue weighted by atomic mass is 19.2. The second-order valence-electron chi connectivity index (χ2n) is 8.07. The van der Waals surface area contributed by atoms with Crippen LogP contribution in [0.3, 0.4) is 0 Å². The number of benzene rings is 4. The minimum atomic E-state index is -1.66. The Kier molecular flexibility index (Phi) is 7.15. The van der Waals surface area contributed by atoms with E-state index in [1.54, 1.807) is 6.07 Å². The number of hydrogen-bond acceptors (Lipinski definition) is 1. The molecule has 0 N–H and O–H groups in total. The monoisotopic (exact) mass is 486 g/mol. The van der Waals surface area contributed by atoms with Gasteiger partial charge in [0.15, 0.2) is 34.8 Å². The van der Waals surface area contributed by atoms with Gasteiger partial charge in [-0.15, -0.1) is 0 Å². The first-order chi connectivity index (χ1) is 16.8. The average molecular weight is 486 g/mol. The van der Waals surface area contributed by atoms with Crippen LogP contribution in [0.5, 0.6) is 5.75 Å². The van der Waals surface area contributed by atoms with E-state index in [0.717, 1.165) is 30.5 Å². The molecule has 0 bridgehead atoms. The van der Waals surface area contributed by atoms with Gasteiger partial charge in [-0.25, -0.2) is 26.3 Å². The van der Waals surface area contributed by atoms with E-state index in [1.165, 1.54) is 17.7 Å². The Bertz CT molecular complexity index is 1320. The van der Waals surface area contributed by atoms with Gasteiger partial charge in [-0.1, -0.05) is 49.7 Å². The smallest absolute Gasteiger partial charge is 0.194 e. The van der Waals surface area contributed by atoms with E-state index in [4.69, 9.17) is 4.74 Å². The number of hydrogen-bond donors (Lipinski definition) is 0. The molecular weight excluding hydrogens is 466 g/mol. The van der Waals surface area contributed by atoms with Crippen molar-refractivity contribution in [1.29, 1.82) is 0 Å². The van der Waals surface area contributed by atoms with E-state index in [0.29, 0.717) is 17.7 Å². The first-order valence-corrected chi connectivity index (χ1v) is 10.9. The van der Waals surface area contributed by atoms with Crippen LogP contribution in [0.25, 0.3) is 22.3 Å². The fourth-order valence-electron chi connectivity index (χ4n) is 3.78. The lowest BCUT2D eigenvalue weighted by Crippen LogP contribution is -2.03. The molecule has 0 fully saturated rings. The number of halogens is 6. The van der Waals surface area contributed by atoms with Crippen molar-refractivity contribution in [3.05, 3.63) is 113 Å². The fourth-order valence-corrected chi connectivity index (χ4v) is 3.78. The molecule has 0 heterocycles. The largest absolute Gasteiger partial charge is 0.483 e. The van der Waals surface area contributed by atoms with Crippen LogP contribution in [-0.2, 0) is 13.0 Å². The lowest BCUT2D eigenvalue weighted by molar-refractivity contribution is 0.272. The van der Waals surface area contributed by atoms with Crippen LogP contribution in [0.15, 0.2) is 66.7 Å². The Morgan fingerprint density at radius 3 is 1.71 bits per heavy atom. The van der Waals surface area contributed by atoms with Crippen molar-refractivity contribution in [2.24, 2.45) is 0 Å². The summed E-state index contributed by atoms with van der Waals surface area (Å²) in [6.07, 6.45) is 1.96. The Balaban J connectivity index is 1.55. The summed E-state index contributed by atoms with van der Waals surface area (Å²) < 4.78 is 88.9. The Labute approximate surface area is 198 Å². The maximum Gasteiger partial charge on any atom is 0.194 e. The maximum absolute atomic E-state index is 14.9. The third kappa shape index (κ3) is 5.34. The lowest BCUT2D eigenvalue weighted by atomic mass is 9.98. The average Bonchev–Trinajstić information content (AvgIpc) is 2.82. The van der Waals surface area contributed by atoms with Gasteiger partial charge in [0.25, 0.3) is 0 Å². The van der Waals surface area contributed by atoms with Gasteiger partial charge in [0.2, 0.25) is 0 Å². The minimum absolute atomic E-state index is 0.0108. The van der Waals surface area contributed by atoms with E-state index in [2.05, 4.69) is 6.92 Å². The summed E-state index contributed by atoms with van der Waals surface area (Å²) in [5.41, 5.74) is 2.39. The third-order valence-electron chi connectivity index (χ3n) is 5.53. The van der Waals surface area contributed by atoms with Crippen molar-refractivity contribution in [3.8, 4) is 28.0 Å². The zero-order chi connectivity index (χ0) is 25.1. The minimum Gasteiger partial charge on any atom is -0.483 e. The van der Waals surface area contributed by atoms with Crippen molar-refractivity contribution < 1.29 is 31.1 Å². The van der Waals surface area contributed by atoms with Gasteiger partial charge in [-0.05, 0) is 64.6 Å². The van der Waals surface area contributed by atoms with Crippen LogP contribution in [0, 0.1) is 34.9 Å². The standard InChI is InChI=1S/C28H20F6O/c1-2-3-16-4-6-18(7-5-16)19-8-9-21(22(29)12-19)20-13-25(32)28(26(33)14-20)35-15-17-10-23(30)27(34)24(31)11-17/h4-14H,2-3,15H2,1H3. The second-order valence-corrected chi connectivity index (χ2v) is 8.07. The van der Waals surface area contributed by atoms with E-state index in [-0.39, 0.29) is 16.7 Å². The molecule has 35 heavy (non-hydrogen) atoms. The normalized spacial score (nSPS) is 11.1. The molecule has 4 rings (SSSR count). The Morgan fingerprint density at radius 1 is 0.571 bits per heavy atom. The summed E-state index contributed by atoms with van der Waals surface area (Å²) in [7, 11) is 0. The van der Waals surface area contributed by atoms with Gasteiger partial charge in [0.1, 0.15) is 12.4 Å². The predicted octanol–water partition coefficient (Wildman–Crippen LogP) is 8.39. The van der Waals surface area contributed by atoms with Crippen molar-refractivity contribution in [1.82, 2.24) is 0 Å². The molecule has 0 atom stereocenters. The van der Waals surface area contributed by atoms with Crippen molar-refractivity contribution >= 4 is 0 Å². The molecule has 0 aliphatic carbocycles. The molecule has 0 saturated carbocycles. The van der Waals surface area contributed by atoms with Crippen molar-refractivity contribution in [2.45, 2.75) is 26.4 Å². The zero-order valence-corrected chi connectivity index (χ0v) is 18.6. The highest BCUT2D eigenvalue weighted by molar-refractivity contribution is 5.71. The number of ether oxygens (including phenoxy) is 1. The molecule has 0 aromatic heterocycles.